The average molecular weight is 342 g/mol. The van der Waals surface area contributed by atoms with E-state index in [4.69, 9.17) is 11.6 Å². The number of hydrogen-bond acceptors (Lipinski definition) is 2. The highest BCUT2D eigenvalue weighted by Gasteiger charge is 2.06. The van der Waals surface area contributed by atoms with E-state index in [0.29, 0.717) is 19.4 Å². The molecule has 5 heteroatoms. The summed E-state index contributed by atoms with van der Waals surface area (Å²) in [6.45, 7) is 0.656. The second kappa shape index (κ2) is 7.97. The van der Waals surface area contributed by atoms with Gasteiger partial charge in [0.25, 0.3) is 0 Å². The van der Waals surface area contributed by atoms with Gasteiger partial charge in [-0.3, -0.25) is 4.79 Å². The number of nitrogens with zero attached hydrogens (tertiary/aromatic N) is 2. The summed E-state index contributed by atoms with van der Waals surface area (Å²) in [5, 5.41) is 3.68. The van der Waals surface area contributed by atoms with Crippen LogP contribution in [-0.2, 0) is 17.6 Å². The molecular weight excluding hydrogens is 322 g/mol. The number of benzene rings is 1. The Kier molecular flexibility index (Phi) is 5.49. The Morgan fingerprint density at radius 2 is 1.96 bits per heavy atom. The molecule has 124 valence electrons. The number of aromatic nitrogens is 2. The van der Waals surface area contributed by atoms with Gasteiger partial charge in [0, 0.05) is 30.6 Å². The number of carbonyl (C=O) groups is 1. The van der Waals surface area contributed by atoms with Crippen LogP contribution in [-0.4, -0.2) is 21.8 Å². The molecule has 0 aliphatic rings. The van der Waals surface area contributed by atoms with E-state index < -0.39 is 0 Å². The third-order valence-corrected chi connectivity index (χ3v) is 4.36. The van der Waals surface area contributed by atoms with E-state index in [1.54, 1.807) is 0 Å². The summed E-state index contributed by atoms with van der Waals surface area (Å²) in [5.41, 5.74) is 2.11. The molecule has 0 bridgehead atoms. The molecule has 0 spiro atoms. The van der Waals surface area contributed by atoms with Gasteiger partial charge in [0.2, 0.25) is 5.91 Å². The maximum Gasteiger partial charge on any atom is 0.220 e. The molecule has 24 heavy (non-hydrogen) atoms. The monoisotopic (exact) mass is 341 g/mol. The van der Waals surface area contributed by atoms with Crippen molar-refractivity contribution in [3.8, 4) is 0 Å². The van der Waals surface area contributed by atoms with Crippen LogP contribution in [0.5, 0.6) is 0 Å². The van der Waals surface area contributed by atoms with Crippen molar-refractivity contribution in [3.05, 3.63) is 71.3 Å². The zero-order chi connectivity index (χ0) is 16.8. The maximum absolute atomic E-state index is 11.9. The van der Waals surface area contributed by atoms with Crippen LogP contribution >= 0.6 is 11.6 Å². The number of imidazole rings is 1. The lowest BCUT2D eigenvalue weighted by Crippen LogP contribution is -2.25. The molecule has 0 aliphatic carbocycles. The molecule has 2 heterocycles. The zero-order valence-corrected chi connectivity index (χ0v) is 14.2. The van der Waals surface area contributed by atoms with Gasteiger partial charge >= 0.3 is 0 Å². The van der Waals surface area contributed by atoms with E-state index in [-0.39, 0.29) is 5.91 Å². The van der Waals surface area contributed by atoms with Gasteiger partial charge in [-0.1, -0.05) is 35.9 Å². The predicted molar refractivity (Wildman–Crippen MR) is 96.3 cm³/mol. The van der Waals surface area contributed by atoms with Gasteiger partial charge in [-0.05, 0) is 36.6 Å². The predicted octanol–water partition coefficient (Wildman–Crippen LogP) is 3.67. The summed E-state index contributed by atoms with van der Waals surface area (Å²) in [6.07, 6.45) is 6.71. The summed E-state index contributed by atoms with van der Waals surface area (Å²) in [5.74, 6) is 1.08. The van der Waals surface area contributed by atoms with Crippen molar-refractivity contribution in [1.29, 1.82) is 0 Å². The van der Waals surface area contributed by atoms with Crippen molar-refractivity contribution < 1.29 is 4.79 Å². The summed E-state index contributed by atoms with van der Waals surface area (Å²) in [7, 11) is 0. The Hall–Kier alpha value is -2.33. The van der Waals surface area contributed by atoms with Crippen molar-refractivity contribution in [3.63, 3.8) is 0 Å². The van der Waals surface area contributed by atoms with Crippen LogP contribution < -0.4 is 5.32 Å². The van der Waals surface area contributed by atoms with E-state index >= 15 is 0 Å². The Labute approximate surface area is 146 Å². The van der Waals surface area contributed by atoms with Gasteiger partial charge in [-0.15, -0.1) is 0 Å². The summed E-state index contributed by atoms with van der Waals surface area (Å²) in [6, 6.07) is 13.7. The van der Waals surface area contributed by atoms with Crippen molar-refractivity contribution in [2.45, 2.75) is 25.7 Å². The lowest BCUT2D eigenvalue weighted by Gasteiger charge is -2.06. The Bertz CT molecular complexity index is 828. The minimum absolute atomic E-state index is 0.0582. The first kappa shape index (κ1) is 16.5. The molecular formula is C19H20ClN3O. The van der Waals surface area contributed by atoms with E-state index in [0.717, 1.165) is 34.8 Å². The quantitative estimate of drug-likeness (QED) is 0.666. The fraction of sp³-hybridized carbons (Fsp3) is 0.263. The van der Waals surface area contributed by atoms with Crippen LogP contribution in [0.15, 0.2) is 54.9 Å². The molecule has 1 aromatic carbocycles. The Balaban J connectivity index is 1.40. The van der Waals surface area contributed by atoms with Crippen LogP contribution in [0.4, 0.5) is 0 Å². The minimum Gasteiger partial charge on any atom is -0.356 e. The molecule has 0 unspecified atom stereocenters. The molecule has 0 saturated heterocycles. The fourth-order valence-corrected chi connectivity index (χ4v) is 2.93. The Morgan fingerprint density at radius 3 is 2.83 bits per heavy atom. The first-order valence-electron chi connectivity index (χ1n) is 8.15. The summed E-state index contributed by atoms with van der Waals surface area (Å²) in [4.78, 5) is 16.4. The number of nitrogens with one attached hydrogen (secondary N) is 1. The molecule has 1 N–H and O–H groups in total. The second-order valence-electron chi connectivity index (χ2n) is 5.71. The van der Waals surface area contributed by atoms with Gasteiger partial charge in [0.1, 0.15) is 5.82 Å². The SMILES string of the molecule is O=C(CCc1ccccc1Cl)NCCCc1ncc2ccccn12. The van der Waals surface area contributed by atoms with Gasteiger partial charge < -0.3 is 9.72 Å². The number of carbonyl (C=O) groups excluding carboxylic acids is 1. The van der Waals surface area contributed by atoms with Crippen LogP contribution in [0.1, 0.15) is 24.2 Å². The molecule has 3 rings (SSSR count). The van der Waals surface area contributed by atoms with E-state index in [2.05, 4.69) is 14.7 Å². The van der Waals surface area contributed by atoms with Gasteiger partial charge in [0.15, 0.2) is 0 Å². The highest BCUT2D eigenvalue weighted by Crippen LogP contribution is 2.16. The van der Waals surface area contributed by atoms with Crippen molar-refractivity contribution in [1.82, 2.24) is 14.7 Å². The molecule has 0 aliphatic heterocycles. The van der Waals surface area contributed by atoms with E-state index in [1.807, 2.05) is 54.9 Å². The Morgan fingerprint density at radius 1 is 1.12 bits per heavy atom. The molecule has 0 radical (unpaired) electrons. The van der Waals surface area contributed by atoms with Crippen molar-refractivity contribution >= 4 is 23.0 Å². The van der Waals surface area contributed by atoms with Crippen molar-refractivity contribution in [2.24, 2.45) is 0 Å². The standard InChI is InChI=1S/C19H20ClN3O/c20-17-8-2-1-6-15(17)10-11-19(24)21-12-5-9-18-22-14-16-7-3-4-13-23(16)18/h1-4,6-8,13-14H,5,9-12H2,(H,21,24). The third kappa shape index (κ3) is 4.15. The third-order valence-electron chi connectivity index (χ3n) is 3.99. The maximum atomic E-state index is 11.9. The normalized spacial score (nSPS) is 10.9. The number of amides is 1. The van der Waals surface area contributed by atoms with E-state index in [1.165, 1.54) is 0 Å². The van der Waals surface area contributed by atoms with Crippen molar-refractivity contribution in [2.75, 3.05) is 6.54 Å². The summed E-state index contributed by atoms with van der Waals surface area (Å²) < 4.78 is 2.08. The highest BCUT2D eigenvalue weighted by atomic mass is 35.5. The molecule has 0 fully saturated rings. The van der Waals surface area contributed by atoms with Crippen LogP contribution in [0, 0.1) is 0 Å². The smallest absolute Gasteiger partial charge is 0.220 e. The number of fused-ring (bicyclic) bond motifs is 1. The van der Waals surface area contributed by atoms with Gasteiger partial charge in [-0.2, -0.15) is 0 Å². The first-order chi connectivity index (χ1) is 11.7. The molecule has 0 saturated carbocycles. The molecule has 3 aromatic rings. The zero-order valence-electron chi connectivity index (χ0n) is 13.4. The molecule has 2 aromatic heterocycles. The van der Waals surface area contributed by atoms with Crippen LogP contribution in [0.3, 0.4) is 0 Å². The van der Waals surface area contributed by atoms with Gasteiger partial charge in [-0.25, -0.2) is 4.98 Å². The molecule has 1 amide bonds. The largest absolute Gasteiger partial charge is 0.356 e. The summed E-state index contributed by atoms with van der Waals surface area (Å²) >= 11 is 6.10. The topological polar surface area (TPSA) is 46.4 Å². The number of halogens is 1. The lowest BCUT2D eigenvalue weighted by molar-refractivity contribution is -0.121. The van der Waals surface area contributed by atoms with E-state index in [9.17, 15) is 4.79 Å². The number of rotatable bonds is 7. The molecule has 4 nitrogen and oxygen atoms in total. The van der Waals surface area contributed by atoms with Crippen LogP contribution in [0.25, 0.3) is 5.52 Å². The first-order valence-corrected chi connectivity index (χ1v) is 8.53. The average Bonchev–Trinajstić information content (AvgIpc) is 3.01. The second-order valence-corrected chi connectivity index (χ2v) is 6.12. The minimum atomic E-state index is 0.0582. The van der Waals surface area contributed by atoms with Gasteiger partial charge in [0.05, 0.1) is 11.7 Å². The fourth-order valence-electron chi connectivity index (χ4n) is 2.70. The lowest BCUT2D eigenvalue weighted by atomic mass is 10.1. The highest BCUT2D eigenvalue weighted by molar-refractivity contribution is 6.31. The number of pyridine rings is 1. The number of aryl methyl sites for hydroxylation is 2. The molecule has 0 atom stereocenters. The number of hydrogen-bond donors (Lipinski definition) is 1. The van der Waals surface area contributed by atoms with Crippen LogP contribution in [0.2, 0.25) is 5.02 Å².